The Balaban J connectivity index is 1.50. The summed E-state index contributed by atoms with van der Waals surface area (Å²) in [6.07, 6.45) is 2.11. The van der Waals surface area contributed by atoms with Gasteiger partial charge in [0.2, 0.25) is 0 Å². The van der Waals surface area contributed by atoms with Gasteiger partial charge in [-0.25, -0.2) is 0 Å². The highest BCUT2D eigenvalue weighted by Crippen LogP contribution is 2.44. The number of benzene rings is 2. The summed E-state index contributed by atoms with van der Waals surface area (Å²) in [6, 6.07) is 16.6. The Hall–Kier alpha value is -2.33. The molecule has 1 atom stereocenters. The number of rotatable bonds is 3. The second-order valence-electron chi connectivity index (χ2n) is 7.94. The van der Waals surface area contributed by atoms with Gasteiger partial charge in [0.25, 0.3) is 5.91 Å². The molecular weight excluding hydrogens is 336 g/mol. The molecule has 4 nitrogen and oxygen atoms in total. The fourth-order valence-corrected chi connectivity index (χ4v) is 4.61. The van der Waals surface area contributed by atoms with Gasteiger partial charge >= 0.3 is 0 Å². The van der Waals surface area contributed by atoms with Crippen molar-refractivity contribution in [1.82, 2.24) is 4.90 Å². The summed E-state index contributed by atoms with van der Waals surface area (Å²) in [5.74, 6) is 0.142. The molecule has 0 aromatic heterocycles. The van der Waals surface area contributed by atoms with Gasteiger partial charge in [-0.3, -0.25) is 4.79 Å². The van der Waals surface area contributed by atoms with Gasteiger partial charge in [0, 0.05) is 38.0 Å². The van der Waals surface area contributed by atoms with Crippen LogP contribution in [0.3, 0.4) is 0 Å². The molecule has 0 aliphatic carbocycles. The zero-order valence-corrected chi connectivity index (χ0v) is 16.4. The Kier molecular flexibility index (Phi) is 4.68. The van der Waals surface area contributed by atoms with E-state index in [1.54, 1.807) is 0 Å². The summed E-state index contributed by atoms with van der Waals surface area (Å²) in [7, 11) is 1.81. The fraction of sp³-hybridized carbons (Fsp3) is 0.435. The number of methoxy groups -OCH3 is 1. The standard InChI is InChI=1S/C23H28N2O2/c1-17-7-9-20(10-8-17)25-16-21(27-3)23(25)11-13-24(14-12-23)22(26)19-6-4-5-18(2)15-19/h4-10,15,21H,11-14,16H2,1-3H3. The minimum Gasteiger partial charge on any atom is -0.377 e. The SMILES string of the molecule is COC1CN(c2ccc(C)cc2)C12CCN(C(=O)c1cccc(C)c1)CC2. The molecule has 4 heteroatoms. The van der Waals surface area contributed by atoms with Crippen molar-refractivity contribution in [2.45, 2.75) is 38.3 Å². The summed E-state index contributed by atoms with van der Waals surface area (Å²) in [5, 5.41) is 0. The Morgan fingerprint density at radius 1 is 1.04 bits per heavy atom. The van der Waals surface area contributed by atoms with Gasteiger partial charge in [0.05, 0.1) is 11.6 Å². The van der Waals surface area contributed by atoms with Gasteiger partial charge < -0.3 is 14.5 Å². The van der Waals surface area contributed by atoms with Crippen LogP contribution in [0.5, 0.6) is 0 Å². The van der Waals surface area contributed by atoms with Gasteiger partial charge in [0.1, 0.15) is 0 Å². The average Bonchev–Trinajstić information content (AvgIpc) is 2.68. The first kappa shape index (κ1) is 18.1. The number of carbonyl (C=O) groups is 1. The molecule has 2 aromatic rings. The highest BCUT2D eigenvalue weighted by molar-refractivity contribution is 5.94. The van der Waals surface area contributed by atoms with E-state index in [0.29, 0.717) is 0 Å². The minimum absolute atomic E-state index is 0.00733. The molecule has 2 saturated heterocycles. The van der Waals surface area contributed by atoms with E-state index in [4.69, 9.17) is 4.74 Å². The first-order valence-electron chi connectivity index (χ1n) is 9.76. The molecule has 1 spiro atoms. The quantitative estimate of drug-likeness (QED) is 0.830. The van der Waals surface area contributed by atoms with Crippen molar-refractivity contribution in [2.24, 2.45) is 0 Å². The number of piperidine rings is 1. The van der Waals surface area contributed by atoms with Crippen LogP contribution in [-0.2, 0) is 4.74 Å². The molecule has 2 fully saturated rings. The summed E-state index contributed by atoms with van der Waals surface area (Å²) < 4.78 is 5.81. The summed E-state index contributed by atoms with van der Waals surface area (Å²) in [4.78, 5) is 17.4. The molecule has 0 saturated carbocycles. The number of carbonyl (C=O) groups excluding carboxylic acids is 1. The second-order valence-corrected chi connectivity index (χ2v) is 7.94. The van der Waals surface area contributed by atoms with Crippen molar-refractivity contribution in [3.05, 3.63) is 65.2 Å². The van der Waals surface area contributed by atoms with Crippen molar-refractivity contribution in [1.29, 1.82) is 0 Å². The van der Waals surface area contributed by atoms with E-state index in [1.165, 1.54) is 11.3 Å². The first-order chi connectivity index (χ1) is 13.0. The summed E-state index contributed by atoms with van der Waals surface area (Å²) >= 11 is 0. The van der Waals surface area contributed by atoms with Crippen LogP contribution >= 0.6 is 0 Å². The number of hydrogen-bond donors (Lipinski definition) is 0. The lowest BCUT2D eigenvalue weighted by Crippen LogP contribution is -2.74. The van der Waals surface area contributed by atoms with Crippen LogP contribution in [0.2, 0.25) is 0 Å². The third kappa shape index (κ3) is 3.12. The number of aryl methyl sites for hydroxylation is 2. The van der Waals surface area contributed by atoms with E-state index in [0.717, 1.165) is 43.6 Å². The summed E-state index contributed by atoms with van der Waals surface area (Å²) in [5.41, 5.74) is 4.45. The van der Waals surface area contributed by atoms with Gasteiger partial charge in [-0.2, -0.15) is 0 Å². The second kappa shape index (κ2) is 7.01. The van der Waals surface area contributed by atoms with Crippen LogP contribution < -0.4 is 4.90 Å². The lowest BCUT2D eigenvalue weighted by molar-refractivity contribution is -0.0433. The maximum atomic E-state index is 12.9. The highest BCUT2D eigenvalue weighted by atomic mass is 16.5. The summed E-state index contributed by atoms with van der Waals surface area (Å²) in [6.45, 7) is 6.61. The predicted molar refractivity (Wildman–Crippen MR) is 108 cm³/mol. The number of likely N-dealkylation sites (tertiary alicyclic amines) is 1. The maximum Gasteiger partial charge on any atom is 0.253 e. The average molecular weight is 364 g/mol. The molecule has 2 aromatic carbocycles. The lowest BCUT2D eigenvalue weighted by atomic mass is 9.73. The molecular formula is C23H28N2O2. The molecule has 0 radical (unpaired) electrons. The topological polar surface area (TPSA) is 32.8 Å². The van der Waals surface area contributed by atoms with Crippen LogP contribution in [0.4, 0.5) is 5.69 Å². The monoisotopic (exact) mass is 364 g/mol. The van der Waals surface area contributed by atoms with Gasteiger partial charge in [-0.1, -0.05) is 35.4 Å². The molecule has 2 aliphatic heterocycles. The van der Waals surface area contributed by atoms with Crippen LogP contribution in [-0.4, -0.2) is 49.2 Å². The molecule has 4 rings (SSSR count). The largest absolute Gasteiger partial charge is 0.377 e. The Morgan fingerprint density at radius 2 is 1.74 bits per heavy atom. The maximum absolute atomic E-state index is 12.9. The van der Waals surface area contributed by atoms with Gasteiger partial charge in [-0.15, -0.1) is 0 Å². The molecule has 27 heavy (non-hydrogen) atoms. The van der Waals surface area contributed by atoms with Crippen molar-refractivity contribution in [3.8, 4) is 0 Å². The van der Waals surface area contributed by atoms with E-state index >= 15 is 0 Å². The first-order valence-corrected chi connectivity index (χ1v) is 9.76. The fourth-order valence-electron chi connectivity index (χ4n) is 4.61. The minimum atomic E-state index is 0.00733. The predicted octanol–water partition coefficient (Wildman–Crippen LogP) is 3.81. The van der Waals surface area contributed by atoms with E-state index in [1.807, 2.05) is 43.2 Å². The van der Waals surface area contributed by atoms with Crippen LogP contribution in [0, 0.1) is 13.8 Å². The van der Waals surface area contributed by atoms with E-state index in [9.17, 15) is 4.79 Å². The Labute approximate surface area is 161 Å². The van der Waals surface area contributed by atoms with Crippen LogP contribution in [0.25, 0.3) is 0 Å². The molecule has 1 amide bonds. The Bertz CT molecular complexity index is 823. The van der Waals surface area contributed by atoms with Crippen LogP contribution in [0.15, 0.2) is 48.5 Å². The lowest BCUT2D eigenvalue weighted by Gasteiger charge is -2.61. The van der Waals surface area contributed by atoms with Gasteiger partial charge in [-0.05, 0) is 51.0 Å². The smallest absolute Gasteiger partial charge is 0.253 e. The molecule has 2 aliphatic rings. The van der Waals surface area contributed by atoms with Crippen molar-refractivity contribution in [3.63, 3.8) is 0 Å². The van der Waals surface area contributed by atoms with Gasteiger partial charge in [0.15, 0.2) is 0 Å². The zero-order chi connectivity index (χ0) is 19.0. The van der Waals surface area contributed by atoms with Crippen molar-refractivity contribution >= 4 is 11.6 Å². The molecule has 142 valence electrons. The van der Waals surface area contributed by atoms with Crippen molar-refractivity contribution in [2.75, 3.05) is 31.6 Å². The van der Waals surface area contributed by atoms with E-state index in [2.05, 4.69) is 36.1 Å². The van der Waals surface area contributed by atoms with Crippen molar-refractivity contribution < 1.29 is 9.53 Å². The zero-order valence-electron chi connectivity index (χ0n) is 16.4. The highest BCUT2D eigenvalue weighted by Gasteiger charge is 2.55. The number of hydrogen-bond acceptors (Lipinski definition) is 3. The molecule has 0 bridgehead atoms. The molecule has 1 unspecified atom stereocenters. The molecule has 2 heterocycles. The number of amides is 1. The third-order valence-corrected chi connectivity index (χ3v) is 6.30. The number of anilines is 1. The Morgan fingerprint density at radius 3 is 2.37 bits per heavy atom. The van der Waals surface area contributed by atoms with E-state index < -0.39 is 0 Å². The third-order valence-electron chi connectivity index (χ3n) is 6.30. The van der Waals surface area contributed by atoms with E-state index in [-0.39, 0.29) is 17.6 Å². The van der Waals surface area contributed by atoms with Crippen LogP contribution in [0.1, 0.15) is 34.3 Å². The molecule has 0 N–H and O–H groups in total. The normalized spacial score (nSPS) is 21.2. The number of ether oxygens (including phenoxy) is 1. The number of nitrogens with zero attached hydrogens (tertiary/aromatic N) is 2.